The van der Waals surface area contributed by atoms with Gasteiger partial charge in [-0.3, -0.25) is 4.79 Å². The highest BCUT2D eigenvalue weighted by molar-refractivity contribution is 6.11. The van der Waals surface area contributed by atoms with Gasteiger partial charge in [0.2, 0.25) is 5.78 Å². The lowest BCUT2D eigenvalue weighted by atomic mass is 10.0. The Kier molecular flexibility index (Phi) is 4.33. The van der Waals surface area contributed by atoms with Crippen molar-refractivity contribution >= 4 is 5.78 Å². The Bertz CT molecular complexity index is 536. The van der Waals surface area contributed by atoms with Gasteiger partial charge in [-0.1, -0.05) is 12.1 Å². The van der Waals surface area contributed by atoms with Crippen molar-refractivity contribution in [3.63, 3.8) is 0 Å². The van der Waals surface area contributed by atoms with Crippen molar-refractivity contribution in [3.8, 4) is 6.07 Å². The van der Waals surface area contributed by atoms with Crippen molar-refractivity contribution in [2.45, 2.75) is 6.18 Å². The maximum atomic E-state index is 12.4. The van der Waals surface area contributed by atoms with E-state index < -0.39 is 17.5 Å². The molecule has 0 radical (unpaired) electrons. The van der Waals surface area contributed by atoms with Gasteiger partial charge in [-0.25, -0.2) is 0 Å². The predicted molar refractivity (Wildman–Crippen MR) is 63.2 cm³/mol. The highest BCUT2D eigenvalue weighted by atomic mass is 19.4. The van der Waals surface area contributed by atoms with Crippen LogP contribution in [0.15, 0.2) is 36.0 Å². The summed E-state index contributed by atoms with van der Waals surface area (Å²) in [6.07, 6.45) is -3.13. The number of halogens is 3. The largest absolute Gasteiger partial charge is 0.416 e. The van der Waals surface area contributed by atoms with Crippen LogP contribution in [0, 0.1) is 11.3 Å². The Balaban J connectivity index is 3.06. The molecule has 0 N–H and O–H groups in total. The molecule has 0 aliphatic rings. The van der Waals surface area contributed by atoms with Crippen molar-refractivity contribution in [2.24, 2.45) is 0 Å². The molecule has 0 unspecified atom stereocenters. The van der Waals surface area contributed by atoms with E-state index in [0.29, 0.717) is 0 Å². The Hall–Kier alpha value is -2.29. The molecule has 0 amide bonds. The SMILES string of the molecule is CN(C)/C=C(\C#N)C(=O)c1ccc(C(F)(F)F)cc1. The number of nitrogens with zero attached hydrogens (tertiary/aromatic N) is 2. The van der Waals surface area contributed by atoms with Gasteiger partial charge >= 0.3 is 6.18 Å². The van der Waals surface area contributed by atoms with Crippen LogP contribution in [0.2, 0.25) is 0 Å². The smallest absolute Gasteiger partial charge is 0.382 e. The molecular formula is C13H11F3N2O. The molecular weight excluding hydrogens is 257 g/mol. The topological polar surface area (TPSA) is 44.1 Å². The Morgan fingerprint density at radius 3 is 2.16 bits per heavy atom. The maximum absolute atomic E-state index is 12.4. The van der Waals surface area contributed by atoms with E-state index in [1.165, 1.54) is 11.1 Å². The highest BCUT2D eigenvalue weighted by Gasteiger charge is 2.30. The van der Waals surface area contributed by atoms with Gasteiger partial charge in [-0.15, -0.1) is 0 Å². The van der Waals surface area contributed by atoms with Crippen LogP contribution in [0.3, 0.4) is 0 Å². The van der Waals surface area contributed by atoms with Gasteiger partial charge < -0.3 is 4.90 Å². The van der Waals surface area contributed by atoms with Gasteiger partial charge in [-0.05, 0) is 12.1 Å². The van der Waals surface area contributed by atoms with E-state index >= 15 is 0 Å². The first-order valence-electron chi connectivity index (χ1n) is 5.26. The predicted octanol–water partition coefficient (Wildman–Crippen LogP) is 2.86. The van der Waals surface area contributed by atoms with E-state index in [2.05, 4.69) is 0 Å². The minimum atomic E-state index is -4.45. The molecule has 6 heteroatoms. The average molecular weight is 268 g/mol. The summed E-state index contributed by atoms with van der Waals surface area (Å²) in [6, 6.07) is 5.48. The zero-order valence-electron chi connectivity index (χ0n) is 10.3. The molecule has 1 aromatic rings. The number of carbonyl (C=O) groups excluding carboxylic acids is 1. The van der Waals surface area contributed by atoms with Crippen molar-refractivity contribution in [3.05, 3.63) is 47.2 Å². The third-order valence-corrected chi connectivity index (χ3v) is 2.23. The minimum absolute atomic E-state index is 0.0441. The van der Waals surface area contributed by atoms with Crippen molar-refractivity contribution in [2.75, 3.05) is 14.1 Å². The Morgan fingerprint density at radius 1 is 1.26 bits per heavy atom. The molecule has 100 valence electrons. The fourth-order valence-electron chi connectivity index (χ4n) is 1.36. The number of hydrogen-bond donors (Lipinski definition) is 0. The molecule has 0 heterocycles. The molecule has 0 aliphatic heterocycles. The second-order valence-corrected chi connectivity index (χ2v) is 4.02. The van der Waals surface area contributed by atoms with Gasteiger partial charge in [0.15, 0.2) is 0 Å². The molecule has 0 aliphatic carbocycles. The van der Waals surface area contributed by atoms with Crippen molar-refractivity contribution in [1.29, 1.82) is 5.26 Å². The molecule has 0 atom stereocenters. The summed E-state index contributed by atoms with van der Waals surface area (Å²) < 4.78 is 37.1. The number of benzene rings is 1. The monoisotopic (exact) mass is 268 g/mol. The van der Waals surface area contributed by atoms with Gasteiger partial charge in [0.1, 0.15) is 11.6 Å². The fraction of sp³-hybridized carbons (Fsp3) is 0.231. The molecule has 3 nitrogen and oxygen atoms in total. The number of allylic oxidation sites excluding steroid dienone is 1. The quantitative estimate of drug-likeness (QED) is 0.481. The van der Waals surface area contributed by atoms with Crippen LogP contribution in [0.4, 0.5) is 13.2 Å². The summed E-state index contributed by atoms with van der Waals surface area (Å²) in [4.78, 5) is 13.4. The van der Waals surface area contributed by atoms with Gasteiger partial charge in [0, 0.05) is 25.9 Å². The third-order valence-electron chi connectivity index (χ3n) is 2.23. The number of carbonyl (C=O) groups is 1. The summed E-state index contributed by atoms with van der Waals surface area (Å²) in [5, 5.41) is 8.84. The number of hydrogen-bond acceptors (Lipinski definition) is 3. The number of Topliss-reactive ketones (excluding diaryl/α,β-unsaturated/α-hetero) is 1. The van der Waals surface area contributed by atoms with Crippen LogP contribution in [0.1, 0.15) is 15.9 Å². The van der Waals surface area contributed by atoms with Gasteiger partial charge in [-0.2, -0.15) is 18.4 Å². The van der Waals surface area contributed by atoms with E-state index in [0.717, 1.165) is 24.3 Å². The fourth-order valence-corrected chi connectivity index (χ4v) is 1.36. The minimum Gasteiger partial charge on any atom is -0.382 e. The van der Waals surface area contributed by atoms with Gasteiger partial charge in [0.25, 0.3) is 0 Å². The molecule has 0 saturated carbocycles. The molecule has 1 aromatic carbocycles. The van der Waals surface area contributed by atoms with Crippen LogP contribution >= 0.6 is 0 Å². The highest BCUT2D eigenvalue weighted by Crippen LogP contribution is 2.29. The zero-order valence-corrected chi connectivity index (χ0v) is 10.3. The molecule has 0 aromatic heterocycles. The average Bonchev–Trinajstić information content (AvgIpc) is 2.34. The Labute approximate surface area is 108 Å². The van der Waals surface area contributed by atoms with Crippen LogP contribution in [-0.2, 0) is 6.18 Å². The number of rotatable bonds is 3. The number of alkyl halides is 3. The maximum Gasteiger partial charge on any atom is 0.416 e. The molecule has 1 rings (SSSR count). The van der Waals surface area contributed by atoms with Crippen LogP contribution in [0.5, 0.6) is 0 Å². The first-order chi connectivity index (χ1) is 8.75. The lowest BCUT2D eigenvalue weighted by Crippen LogP contribution is -2.10. The summed E-state index contributed by atoms with van der Waals surface area (Å²) in [5.74, 6) is -0.607. The van der Waals surface area contributed by atoms with Crippen LogP contribution in [-0.4, -0.2) is 24.8 Å². The molecule has 19 heavy (non-hydrogen) atoms. The first-order valence-corrected chi connectivity index (χ1v) is 5.26. The van der Waals surface area contributed by atoms with Crippen molar-refractivity contribution in [1.82, 2.24) is 4.90 Å². The van der Waals surface area contributed by atoms with E-state index in [-0.39, 0.29) is 11.1 Å². The molecule has 0 bridgehead atoms. The van der Waals surface area contributed by atoms with Gasteiger partial charge in [0.05, 0.1) is 5.56 Å². The lowest BCUT2D eigenvalue weighted by molar-refractivity contribution is -0.137. The normalized spacial score (nSPS) is 11.9. The van der Waals surface area contributed by atoms with E-state index in [9.17, 15) is 18.0 Å². The zero-order chi connectivity index (χ0) is 14.6. The van der Waals surface area contributed by atoms with E-state index in [1.54, 1.807) is 20.2 Å². The second kappa shape index (κ2) is 5.57. The van der Waals surface area contributed by atoms with Crippen molar-refractivity contribution < 1.29 is 18.0 Å². The lowest BCUT2D eigenvalue weighted by Gasteiger charge is -2.08. The standard InChI is InChI=1S/C13H11F3N2O/c1-18(2)8-10(7-17)12(19)9-3-5-11(6-4-9)13(14,15)16/h3-6,8H,1-2H3/b10-8+. The van der Waals surface area contributed by atoms with Crippen LogP contribution < -0.4 is 0 Å². The summed E-state index contributed by atoms with van der Waals surface area (Å²) in [5.41, 5.74) is -0.924. The van der Waals surface area contributed by atoms with E-state index in [4.69, 9.17) is 5.26 Å². The van der Waals surface area contributed by atoms with Crippen LogP contribution in [0.25, 0.3) is 0 Å². The summed E-state index contributed by atoms with van der Waals surface area (Å²) in [6.45, 7) is 0. The number of ketones is 1. The third kappa shape index (κ3) is 3.85. The summed E-state index contributed by atoms with van der Waals surface area (Å²) in [7, 11) is 3.27. The second-order valence-electron chi connectivity index (χ2n) is 4.02. The molecule has 0 saturated heterocycles. The molecule has 0 fully saturated rings. The number of nitriles is 1. The Morgan fingerprint density at radius 2 is 1.79 bits per heavy atom. The summed E-state index contributed by atoms with van der Waals surface area (Å²) >= 11 is 0. The molecule has 0 spiro atoms. The van der Waals surface area contributed by atoms with E-state index in [1.807, 2.05) is 0 Å². The first kappa shape index (κ1) is 14.8.